The van der Waals surface area contributed by atoms with Crippen LogP contribution in [0.3, 0.4) is 0 Å². The Balaban J connectivity index is 1.89. The summed E-state index contributed by atoms with van der Waals surface area (Å²) in [7, 11) is 0. The van der Waals surface area contributed by atoms with E-state index < -0.39 is 0 Å². The van der Waals surface area contributed by atoms with E-state index in [0.29, 0.717) is 0 Å². The monoisotopic (exact) mass is 146 g/mol. The van der Waals surface area contributed by atoms with Crippen molar-refractivity contribution in [3.8, 4) is 12.3 Å². The SMILES string of the molecule is C#CCCC1CC2C=CC1C2. The number of hydrogen-bond donors (Lipinski definition) is 0. The minimum absolute atomic E-state index is 0.883. The maximum absolute atomic E-state index is 5.24. The van der Waals surface area contributed by atoms with Crippen molar-refractivity contribution in [1.29, 1.82) is 0 Å². The molecule has 0 saturated heterocycles. The molecular weight excluding hydrogens is 132 g/mol. The van der Waals surface area contributed by atoms with Gasteiger partial charge in [-0.3, -0.25) is 0 Å². The first-order chi connectivity index (χ1) is 5.40. The van der Waals surface area contributed by atoms with Crippen molar-refractivity contribution in [3.63, 3.8) is 0 Å². The minimum Gasteiger partial charge on any atom is -0.120 e. The van der Waals surface area contributed by atoms with Gasteiger partial charge in [-0.15, -0.1) is 12.3 Å². The van der Waals surface area contributed by atoms with Crippen LogP contribution in [0, 0.1) is 30.1 Å². The van der Waals surface area contributed by atoms with Crippen molar-refractivity contribution in [2.24, 2.45) is 17.8 Å². The van der Waals surface area contributed by atoms with Crippen LogP contribution in [0.5, 0.6) is 0 Å². The summed E-state index contributed by atoms with van der Waals surface area (Å²) in [4.78, 5) is 0. The molecule has 3 atom stereocenters. The molecule has 0 radical (unpaired) electrons. The van der Waals surface area contributed by atoms with Crippen LogP contribution in [0.1, 0.15) is 25.7 Å². The molecule has 2 aliphatic rings. The molecule has 0 aliphatic heterocycles. The minimum atomic E-state index is 0.883. The van der Waals surface area contributed by atoms with Crippen LogP contribution in [0.2, 0.25) is 0 Å². The molecule has 11 heavy (non-hydrogen) atoms. The van der Waals surface area contributed by atoms with Crippen molar-refractivity contribution in [3.05, 3.63) is 12.2 Å². The van der Waals surface area contributed by atoms with Gasteiger partial charge in [-0.1, -0.05) is 12.2 Å². The molecule has 0 aromatic carbocycles. The van der Waals surface area contributed by atoms with Gasteiger partial charge in [-0.25, -0.2) is 0 Å². The topological polar surface area (TPSA) is 0 Å². The number of allylic oxidation sites excluding steroid dienone is 2. The van der Waals surface area contributed by atoms with E-state index >= 15 is 0 Å². The van der Waals surface area contributed by atoms with Gasteiger partial charge in [-0.05, 0) is 37.0 Å². The van der Waals surface area contributed by atoms with E-state index in [2.05, 4.69) is 18.1 Å². The molecule has 58 valence electrons. The molecule has 0 spiro atoms. The van der Waals surface area contributed by atoms with Gasteiger partial charge in [0.05, 0.1) is 0 Å². The van der Waals surface area contributed by atoms with Crippen LogP contribution < -0.4 is 0 Å². The maximum atomic E-state index is 5.24. The third-order valence-corrected chi connectivity index (χ3v) is 3.08. The second-order valence-electron chi connectivity index (χ2n) is 3.78. The van der Waals surface area contributed by atoms with Crippen molar-refractivity contribution >= 4 is 0 Å². The smallest absolute Gasteiger partial charge is 0.00889 e. The molecule has 1 saturated carbocycles. The number of terminal acetylenes is 1. The molecule has 0 nitrogen and oxygen atoms in total. The van der Waals surface area contributed by atoms with E-state index in [-0.39, 0.29) is 0 Å². The van der Waals surface area contributed by atoms with Crippen molar-refractivity contribution < 1.29 is 0 Å². The summed E-state index contributed by atoms with van der Waals surface area (Å²) in [5.74, 6) is 5.44. The van der Waals surface area contributed by atoms with Crippen LogP contribution in [0.25, 0.3) is 0 Å². The third-order valence-electron chi connectivity index (χ3n) is 3.08. The Morgan fingerprint density at radius 3 is 2.82 bits per heavy atom. The summed E-state index contributed by atoms with van der Waals surface area (Å²) in [5, 5.41) is 0. The molecule has 0 amide bonds. The van der Waals surface area contributed by atoms with Gasteiger partial charge in [0.2, 0.25) is 0 Å². The summed E-state index contributed by atoms with van der Waals surface area (Å²) >= 11 is 0. The highest BCUT2D eigenvalue weighted by Gasteiger charge is 2.34. The number of rotatable bonds is 2. The Morgan fingerprint density at radius 2 is 2.27 bits per heavy atom. The van der Waals surface area contributed by atoms with Gasteiger partial charge in [-0.2, -0.15) is 0 Å². The van der Waals surface area contributed by atoms with Crippen molar-refractivity contribution in [2.45, 2.75) is 25.7 Å². The standard InChI is InChI=1S/C11H14/c1-2-3-4-10-7-9-5-6-11(10)8-9/h1,5-6,9-11H,3-4,7-8H2. The highest BCUT2D eigenvalue weighted by molar-refractivity contribution is 5.10. The first-order valence-electron chi connectivity index (χ1n) is 4.52. The lowest BCUT2D eigenvalue weighted by Crippen LogP contribution is -2.05. The normalized spacial score (nSPS) is 39.4. The fourth-order valence-corrected chi connectivity index (χ4v) is 2.50. The average molecular weight is 146 g/mol. The van der Waals surface area contributed by atoms with E-state index in [9.17, 15) is 0 Å². The molecule has 0 aromatic rings. The summed E-state index contributed by atoms with van der Waals surface area (Å²) < 4.78 is 0. The van der Waals surface area contributed by atoms with Crippen LogP contribution in [-0.4, -0.2) is 0 Å². The Morgan fingerprint density at radius 1 is 1.36 bits per heavy atom. The fraction of sp³-hybridized carbons (Fsp3) is 0.636. The lowest BCUT2D eigenvalue weighted by Gasteiger charge is -2.15. The molecule has 2 bridgehead atoms. The van der Waals surface area contributed by atoms with Gasteiger partial charge in [0, 0.05) is 6.42 Å². The largest absolute Gasteiger partial charge is 0.120 e. The van der Waals surface area contributed by atoms with Gasteiger partial charge in [0.25, 0.3) is 0 Å². The fourth-order valence-electron chi connectivity index (χ4n) is 2.50. The predicted molar refractivity (Wildman–Crippen MR) is 46.9 cm³/mol. The average Bonchev–Trinajstić information content (AvgIpc) is 2.60. The van der Waals surface area contributed by atoms with Crippen LogP contribution in [0.4, 0.5) is 0 Å². The summed E-state index contributed by atoms with van der Waals surface area (Å²) in [6.45, 7) is 0. The maximum Gasteiger partial charge on any atom is 0.00889 e. The predicted octanol–water partition coefficient (Wildman–Crippen LogP) is 2.61. The number of fused-ring (bicyclic) bond motifs is 2. The quantitative estimate of drug-likeness (QED) is 0.415. The lowest BCUT2D eigenvalue weighted by atomic mass is 9.90. The van der Waals surface area contributed by atoms with Crippen molar-refractivity contribution in [1.82, 2.24) is 0 Å². The Hall–Kier alpha value is -0.700. The molecule has 2 aliphatic carbocycles. The van der Waals surface area contributed by atoms with Crippen LogP contribution >= 0.6 is 0 Å². The molecule has 0 N–H and O–H groups in total. The lowest BCUT2D eigenvalue weighted by molar-refractivity contribution is 0.422. The molecule has 0 aromatic heterocycles. The molecule has 0 heteroatoms. The zero-order valence-corrected chi connectivity index (χ0v) is 6.79. The van der Waals surface area contributed by atoms with Gasteiger partial charge < -0.3 is 0 Å². The first kappa shape index (κ1) is 6.98. The van der Waals surface area contributed by atoms with Gasteiger partial charge >= 0.3 is 0 Å². The second kappa shape index (κ2) is 2.74. The summed E-state index contributed by atoms with van der Waals surface area (Å²) in [6.07, 6.45) is 15.1. The van der Waals surface area contributed by atoms with E-state index in [1.54, 1.807) is 0 Å². The Labute approximate surface area is 68.7 Å². The van der Waals surface area contributed by atoms with Crippen molar-refractivity contribution in [2.75, 3.05) is 0 Å². The summed E-state index contributed by atoms with van der Waals surface area (Å²) in [5.41, 5.74) is 0. The van der Waals surface area contributed by atoms with Gasteiger partial charge in [0.1, 0.15) is 0 Å². The Bertz CT molecular complexity index is 207. The summed E-state index contributed by atoms with van der Waals surface area (Å²) in [6, 6.07) is 0. The molecule has 3 unspecified atom stereocenters. The highest BCUT2D eigenvalue weighted by atomic mass is 14.4. The van der Waals surface area contributed by atoms with E-state index in [1.807, 2.05) is 0 Å². The molecular formula is C11H14. The third kappa shape index (κ3) is 1.20. The van der Waals surface area contributed by atoms with E-state index in [1.165, 1.54) is 19.3 Å². The zero-order valence-electron chi connectivity index (χ0n) is 6.79. The highest BCUT2D eigenvalue weighted by Crippen LogP contribution is 2.45. The van der Waals surface area contributed by atoms with E-state index in [0.717, 1.165) is 24.2 Å². The second-order valence-corrected chi connectivity index (χ2v) is 3.78. The molecule has 2 rings (SSSR count). The molecule has 1 fully saturated rings. The molecule has 0 heterocycles. The van der Waals surface area contributed by atoms with Gasteiger partial charge in [0.15, 0.2) is 0 Å². The van der Waals surface area contributed by atoms with Crippen LogP contribution in [0.15, 0.2) is 12.2 Å². The zero-order chi connectivity index (χ0) is 7.68. The Kier molecular flexibility index (Phi) is 1.74. The number of hydrogen-bond acceptors (Lipinski definition) is 0. The van der Waals surface area contributed by atoms with Crippen LogP contribution in [-0.2, 0) is 0 Å². The van der Waals surface area contributed by atoms with E-state index in [4.69, 9.17) is 6.42 Å². The first-order valence-corrected chi connectivity index (χ1v) is 4.52.